The molecular weight excluding hydrogens is 336 g/mol. The molecule has 0 aromatic carbocycles. The van der Waals surface area contributed by atoms with Crippen molar-refractivity contribution in [3.63, 3.8) is 0 Å². The average Bonchev–Trinajstić information content (AvgIpc) is 2.63. The molecular formula is C15H36N2O8. The smallest absolute Gasteiger partial charge is 0.0627 e. The minimum absolute atomic E-state index is 0.0694. The van der Waals surface area contributed by atoms with Crippen molar-refractivity contribution in [1.82, 2.24) is 9.80 Å². The largest absolute Gasteiger partial charge is 0.396 e. The van der Waals surface area contributed by atoms with Crippen LogP contribution in [0, 0.1) is 5.41 Å². The standard InChI is InChI=1S/C10H24N2O4.C5H12O4/c13-7-3-11(4-8-14)1-2-12(5-9-15)6-10-16;6-1-5(2-7,3-8)4-9/h13-16H,1-10H2;6-9H,1-4H2. The highest BCUT2D eigenvalue weighted by molar-refractivity contribution is 4.74. The van der Waals surface area contributed by atoms with E-state index >= 15 is 0 Å². The molecule has 0 unspecified atom stereocenters. The van der Waals surface area contributed by atoms with Crippen LogP contribution in [0.4, 0.5) is 0 Å². The number of nitrogens with zero attached hydrogens (tertiary/aromatic N) is 2. The maximum Gasteiger partial charge on any atom is 0.0627 e. The Morgan fingerprint density at radius 2 is 0.640 bits per heavy atom. The Kier molecular flexibility index (Phi) is 19.7. The number of aliphatic hydroxyl groups excluding tert-OH is 8. The molecule has 0 saturated heterocycles. The SMILES string of the molecule is OCC(CO)(CO)CO.OCCN(CCO)CCN(CCO)CCO. The van der Waals surface area contributed by atoms with Crippen molar-refractivity contribution in [3.8, 4) is 0 Å². The molecule has 25 heavy (non-hydrogen) atoms. The quantitative estimate of drug-likeness (QED) is 0.140. The first-order valence-corrected chi connectivity index (χ1v) is 8.34. The fourth-order valence-corrected chi connectivity index (χ4v) is 1.82. The summed E-state index contributed by atoms with van der Waals surface area (Å²) in [4.78, 5) is 3.89. The van der Waals surface area contributed by atoms with Crippen LogP contribution in [0.5, 0.6) is 0 Å². The first kappa shape index (κ1) is 26.8. The van der Waals surface area contributed by atoms with Crippen molar-refractivity contribution in [2.75, 3.05) is 92.1 Å². The Balaban J connectivity index is 0. The molecule has 0 fully saturated rings. The zero-order valence-electron chi connectivity index (χ0n) is 14.9. The number of rotatable bonds is 15. The fraction of sp³-hybridized carbons (Fsp3) is 1.00. The monoisotopic (exact) mass is 372 g/mol. The summed E-state index contributed by atoms with van der Waals surface area (Å²) in [7, 11) is 0. The fourth-order valence-electron chi connectivity index (χ4n) is 1.82. The van der Waals surface area contributed by atoms with E-state index in [2.05, 4.69) is 0 Å². The zero-order chi connectivity index (χ0) is 19.6. The maximum atomic E-state index is 8.82. The van der Waals surface area contributed by atoms with Crippen LogP contribution in [0.2, 0.25) is 0 Å². The van der Waals surface area contributed by atoms with Crippen molar-refractivity contribution >= 4 is 0 Å². The van der Waals surface area contributed by atoms with Gasteiger partial charge in [-0.1, -0.05) is 0 Å². The molecule has 0 aliphatic carbocycles. The molecule has 0 aromatic rings. The number of aliphatic hydroxyl groups is 8. The van der Waals surface area contributed by atoms with Gasteiger partial charge in [0, 0.05) is 39.3 Å². The summed E-state index contributed by atoms with van der Waals surface area (Å²) in [6, 6.07) is 0. The first-order chi connectivity index (χ1) is 12.0. The van der Waals surface area contributed by atoms with E-state index in [0.29, 0.717) is 39.3 Å². The summed E-state index contributed by atoms with van der Waals surface area (Å²) < 4.78 is 0. The van der Waals surface area contributed by atoms with Gasteiger partial charge in [-0.15, -0.1) is 0 Å². The van der Waals surface area contributed by atoms with Crippen LogP contribution in [0.25, 0.3) is 0 Å². The van der Waals surface area contributed by atoms with Crippen LogP contribution in [-0.4, -0.2) is 143 Å². The summed E-state index contributed by atoms with van der Waals surface area (Å²) in [6.07, 6.45) is 0. The van der Waals surface area contributed by atoms with Crippen LogP contribution >= 0.6 is 0 Å². The topological polar surface area (TPSA) is 168 Å². The second-order valence-electron chi connectivity index (χ2n) is 5.71. The van der Waals surface area contributed by atoms with E-state index in [9.17, 15) is 0 Å². The van der Waals surface area contributed by atoms with Crippen molar-refractivity contribution in [3.05, 3.63) is 0 Å². The van der Waals surface area contributed by atoms with Crippen LogP contribution in [0.3, 0.4) is 0 Å². The van der Waals surface area contributed by atoms with E-state index < -0.39 is 31.8 Å². The third-order valence-corrected chi connectivity index (χ3v) is 3.74. The predicted molar refractivity (Wildman–Crippen MR) is 92.0 cm³/mol. The predicted octanol–water partition coefficient (Wildman–Crippen LogP) is -4.50. The lowest BCUT2D eigenvalue weighted by atomic mass is 9.93. The molecule has 0 rings (SSSR count). The van der Waals surface area contributed by atoms with Crippen molar-refractivity contribution in [2.45, 2.75) is 0 Å². The van der Waals surface area contributed by atoms with E-state index in [1.807, 2.05) is 9.80 Å². The minimum Gasteiger partial charge on any atom is -0.396 e. The molecule has 0 amide bonds. The Morgan fingerprint density at radius 1 is 0.400 bits per heavy atom. The van der Waals surface area contributed by atoms with Crippen molar-refractivity contribution in [2.24, 2.45) is 5.41 Å². The third kappa shape index (κ3) is 13.5. The maximum absolute atomic E-state index is 8.82. The Labute approximate surface area is 149 Å². The molecule has 0 aromatic heterocycles. The van der Waals surface area contributed by atoms with Gasteiger partial charge in [0.1, 0.15) is 0 Å². The Hall–Kier alpha value is -0.400. The van der Waals surface area contributed by atoms with Crippen LogP contribution < -0.4 is 0 Å². The molecule has 0 aliphatic rings. The molecule has 8 N–H and O–H groups in total. The van der Waals surface area contributed by atoms with Gasteiger partial charge in [-0.2, -0.15) is 0 Å². The Bertz CT molecular complexity index is 224. The van der Waals surface area contributed by atoms with Crippen LogP contribution in [-0.2, 0) is 0 Å². The van der Waals surface area contributed by atoms with Gasteiger partial charge in [0.15, 0.2) is 0 Å². The molecule has 10 heteroatoms. The Morgan fingerprint density at radius 3 is 0.760 bits per heavy atom. The van der Waals surface area contributed by atoms with Gasteiger partial charge in [-0.3, -0.25) is 9.80 Å². The lowest BCUT2D eigenvalue weighted by Gasteiger charge is -2.25. The highest BCUT2D eigenvalue weighted by Crippen LogP contribution is 2.11. The van der Waals surface area contributed by atoms with Gasteiger partial charge >= 0.3 is 0 Å². The van der Waals surface area contributed by atoms with E-state index in [4.69, 9.17) is 40.9 Å². The molecule has 0 atom stereocenters. The molecule has 10 nitrogen and oxygen atoms in total. The lowest BCUT2D eigenvalue weighted by Crippen LogP contribution is -2.40. The summed E-state index contributed by atoms with van der Waals surface area (Å²) in [5.74, 6) is 0. The van der Waals surface area contributed by atoms with Crippen molar-refractivity contribution in [1.29, 1.82) is 0 Å². The molecule has 154 valence electrons. The van der Waals surface area contributed by atoms with E-state index in [1.165, 1.54) is 0 Å². The van der Waals surface area contributed by atoms with Crippen LogP contribution in [0.1, 0.15) is 0 Å². The summed E-state index contributed by atoms with van der Waals surface area (Å²) in [6.45, 7) is 2.21. The van der Waals surface area contributed by atoms with Gasteiger partial charge in [0.25, 0.3) is 0 Å². The second kappa shape index (κ2) is 18.4. The minimum atomic E-state index is -1.11. The average molecular weight is 372 g/mol. The molecule has 0 radical (unpaired) electrons. The zero-order valence-corrected chi connectivity index (χ0v) is 14.9. The second-order valence-corrected chi connectivity index (χ2v) is 5.71. The van der Waals surface area contributed by atoms with E-state index in [1.54, 1.807) is 0 Å². The molecule has 0 saturated carbocycles. The van der Waals surface area contributed by atoms with Gasteiger partial charge < -0.3 is 40.9 Å². The highest BCUT2D eigenvalue weighted by Gasteiger charge is 2.26. The number of hydrogen-bond acceptors (Lipinski definition) is 10. The molecule has 0 heterocycles. The van der Waals surface area contributed by atoms with Gasteiger partial charge in [-0.05, 0) is 0 Å². The normalized spacial score (nSPS) is 11.8. The van der Waals surface area contributed by atoms with E-state index in [-0.39, 0.29) is 26.4 Å². The first-order valence-electron chi connectivity index (χ1n) is 8.34. The molecule has 0 spiro atoms. The summed E-state index contributed by atoms with van der Waals surface area (Å²) >= 11 is 0. The highest BCUT2D eigenvalue weighted by atomic mass is 16.3. The summed E-state index contributed by atoms with van der Waals surface area (Å²) in [5.41, 5.74) is -1.11. The van der Waals surface area contributed by atoms with Gasteiger partial charge in [0.2, 0.25) is 0 Å². The molecule has 0 bridgehead atoms. The van der Waals surface area contributed by atoms with Crippen LogP contribution in [0.15, 0.2) is 0 Å². The van der Waals surface area contributed by atoms with Crippen molar-refractivity contribution < 1.29 is 40.9 Å². The van der Waals surface area contributed by atoms with E-state index in [0.717, 1.165) is 0 Å². The lowest BCUT2D eigenvalue weighted by molar-refractivity contribution is -0.0328. The number of hydrogen-bond donors (Lipinski definition) is 8. The molecule has 0 aliphatic heterocycles. The third-order valence-electron chi connectivity index (χ3n) is 3.74. The summed E-state index contributed by atoms with van der Waals surface area (Å²) in [5, 5.41) is 69.3. The van der Waals surface area contributed by atoms with Gasteiger partial charge in [-0.25, -0.2) is 0 Å². The van der Waals surface area contributed by atoms with Gasteiger partial charge in [0.05, 0.1) is 58.3 Å².